The molecule has 1 spiro atoms. The fourth-order valence-corrected chi connectivity index (χ4v) is 4.38. The zero-order valence-electron chi connectivity index (χ0n) is 13.1. The van der Waals surface area contributed by atoms with Gasteiger partial charge < -0.3 is 15.4 Å². The highest BCUT2D eigenvalue weighted by molar-refractivity contribution is 5.85. The van der Waals surface area contributed by atoms with Crippen molar-refractivity contribution in [3.8, 4) is 0 Å². The van der Waals surface area contributed by atoms with Crippen molar-refractivity contribution in [2.24, 2.45) is 16.7 Å². The Balaban J connectivity index is 0.00000161. The molecule has 3 aliphatic rings. The third-order valence-electron chi connectivity index (χ3n) is 5.86. The largest absolute Gasteiger partial charge is 0.384 e. The lowest BCUT2D eigenvalue weighted by molar-refractivity contribution is -0.124. The van der Waals surface area contributed by atoms with Crippen molar-refractivity contribution in [2.75, 3.05) is 33.4 Å². The zero-order chi connectivity index (χ0) is 14.1. The van der Waals surface area contributed by atoms with Gasteiger partial charge in [0.05, 0.1) is 6.61 Å². The van der Waals surface area contributed by atoms with Gasteiger partial charge in [-0.25, -0.2) is 0 Å². The lowest BCUT2D eigenvalue weighted by Gasteiger charge is -2.37. The molecule has 122 valence electrons. The molecule has 0 aromatic carbocycles. The van der Waals surface area contributed by atoms with Crippen LogP contribution in [0.5, 0.6) is 0 Å². The average molecular weight is 317 g/mol. The molecule has 1 saturated heterocycles. The van der Waals surface area contributed by atoms with Crippen molar-refractivity contribution in [2.45, 2.75) is 44.9 Å². The Hall–Kier alpha value is -0.320. The summed E-state index contributed by atoms with van der Waals surface area (Å²) in [5.74, 6) is 0.618. The Morgan fingerprint density at radius 3 is 2.52 bits per heavy atom. The summed E-state index contributed by atoms with van der Waals surface area (Å²) in [6.07, 6.45) is 8.52. The number of hydrogen-bond donors (Lipinski definition) is 2. The second-order valence-corrected chi connectivity index (χ2v) is 7.23. The summed E-state index contributed by atoms with van der Waals surface area (Å²) < 4.78 is 5.41. The number of hydrogen-bond acceptors (Lipinski definition) is 3. The van der Waals surface area contributed by atoms with Crippen LogP contribution in [0, 0.1) is 16.7 Å². The third kappa shape index (κ3) is 3.54. The first-order valence-electron chi connectivity index (χ1n) is 8.17. The molecule has 5 heteroatoms. The number of rotatable bonds is 5. The van der Waals surface area contributed by atoms with Gasteiger partial charge in [0.1, 0.15) is 0 Å². The van der Waals surface area contributed by atoms with Gasteiger partial charge in [0.2, 0.25) is 5.91 Å². The summed E-state index contributed by atoms with van der Waals surface area (Å²) in [7, 11) is 1.76. The number of carbonyl (C=O) groups is 1. The molecular formula is C16H29ClN2O2. The van der Waals surface area contributed by atoms with Gasteiger partial charge in [0.15, 0.2) is 0 Å². The van der Waals surface area contributed by atoms with Crippen LogP contribution in [-0.2, 0) is 9.53 Å². The Bertz CT molecular complexity index is 358. The molecule has 2 aliphatic carbocycles. The van der Waals surface area contributed by atoms with Crippen molar-refractivity contribution >= 4 is 18.3 Å². The molecule has 1 aliphatic heterocycles. The van der Waals surface area contributed by atoms with Crippen LogP contribution in [-0.4, -0.2) is 39.3 Å². The number of amides is 1. The van der Waals surface area contributed by atoms with Gasteiger partial charge in [0, 0.05) is 25.0 Å². The Labute approximate surface area is 134 Å². The normalized spacial score (nSPS) is 28.9. The molecule has 1 unspecified atom stereocenters. The number of halogens is 1. The molecule has 3 fully saturated rings. The second-order valence-electron chi connectivity index (χ2n) is 7.23. The first-order valence-corrected chi connectivity index (χ1v) is 8.17. The number of ether oxygens (including phenoxy) is 1. The highest BCUT2D eigenvalue weighted by atomic mass is 35.5. The smallest absolute Gasteiger partial charge is 0.223 e. The number of piperidine rings is 1. The van der Waals surface area contributed by atoms with E-state index in [1.165, 1.54) is 25.7 Å². The van der Waals surface area contributed by atoms with E-state index in [0.717, 1.165) is 45.5 Å². The predicted molar refractivity (Wildman–Crippen MR) is 85.7 cm³/mol. The molecular weight excluding hydrogens is 288 g/mol. The van der Waals surface area contributed by atoms with Crippen LogP contribution in [0.15, 0.2) is 0 Å². The third-order valence-corrected chi connectivity index (χ3v) is 5.86. The summed E-state index contributed by atoms with van der Waals surface area (Å²) in [6.45, 7) is 3.61. The minimum Gasteiger partial charge on any atom is -0.384 e. The molecule has 1 atom stereocenters. The summed E-state index contributed by atoms with van der Waals surface area (Å²) >= 11 is 0. The molecule has 1 heterocycles. The van der Waals surface area contributed by atoms with Crippen molar-refractivity contribution in [3.05, 3.63) is 0 Å². The van der Waals surface area contributed by atoms with Gasteiger partial charge in [-0.2, -0.15) is 0 Å². The van der Waals surface area contributed by atoms with Crippen LogP contribution in [0.1, 0.15) is 44.9 Å². The molecule has 21 heavy (non-hydrogen) atoms. The van der Waals surface area contributed by atoms with Crippen LogP contribution in [0.4, 0.5) is 0 Å². The van der Waals surface area contributed by atoms with Crippen LogP contribution in [0.3, 0.4) is 0 Å². The maximum atomic E-state index is 12.4. The maximum Gasteiger partial charge on any atom is 0.223 e. The van der Waals surface area contributed by atoms with E-state index in [9.17, 15) is 4.79 Å². The minimum atomic E-state index is 0. The molecule has 0 aromatic heterocycles. The molecule has 0 aromatic rings. The molecule has 3 rings (SSSR count). The van der Waals surface area contributed by atoms with Crippen LogP contribution < -0.4 is 10.6 Å². The average Bonchev–Trinajstić information content (AvgIpc) is 2.95. The van der Waals surface area contributed by atoms with Crippen LogP contribution >= 0.6 is 12.4 Å². The highest BCUT2D eigenvalue weighted by Crippen LogP contribution is 2.62. The SMILES string of the molecule is COCC1(CNC(=O)C2CC23CCCC3)CCNCC1.Cl. The van der Waals surface area contributed by atoms with Gasteiger partial charge in [-0.05, 0) is 50.6 Å². The van der Waals surface area contributed by atoms with E-state index >= 15 is 0 Å². The Kier molecular flexibility index (Phi) is 5.55. The van der Waals surface area contributed by atoms with Crippen LogP contribution in [0.25, 0.3) is 0 Å². The van der Waals surface area contributed by atoms with E-state index in [0.29, 0.717) is 17.2 Å². The summed E-state index contributed by atoms with van der Waals surface area (Å²) in [4.78, 5) is 12.4. The fraction of sp³-hybridized carbons (Fsp3) is 0.938. The topological polar surface area (TPSA) is 50.4 Å². The van der Waals surface area contributed by atoms with Crippen molar-refractivity contribution in [1.29, 1.82) is 0 Å². The number of methoxy groups -OCH3 is 1. The molecule has 2 N–H and O–H groups in total. The standard InChI is InChI=1S/C16H28N2O2.ClH/c1-20-12-15(6-8-17-9-7-15)11-18-14(19)13-10-16(13)4-2-3-5-16;/h13,17H,2-12H2,1H3,(H,18,19);1H. The van der Waals surface area contributed by atoms with Crippen molar-refractivity contribution in [3.63, 3.8) is 0 Å². The molecule has 1 amide bonds. The van der Waals surface area contributed by atoms with Gasteiger partial charge in [0.25, 0.3) is 0 Å². The Morgan fingerprint density at radius 1 is 1.24 bits per heavy atom. The first-order chi connectivity index (χ1) is 9.70. The predicted octanol–water partition coefficient (Wildman–Crippen LogP) is 2.12. The summed E-state index contributed by atoms with van der Waals surface area (Å²) in [5.41, 5.74) is 0.556. The van der Waals surface area contributed by atoms with E-state index in [-0.39, 0.29) is 17.8 Å². The van der Waals surface area contributed by atoms with Gasteiger partial charge in [-0.15, -0.1) is 12.4 Å². The lowest BCUT2D eigenvalue weighted by atomic mass is 9.79. The van der Waals surface area contributed by atoms with E-state index in [1.54, 1.807) is 7.11 Å². The van der Waals surface area contributed by atoms with Gasteiger partial charge in [-0.3, -0.25) is 4.79 Å². The van der Waals surface area contributed by atoms with Crippen molar-refractivity contribution in [1.82, 2.24) is 10.6 Å². The summed E-state index contributed by atoms with van der Waals surface area (Å²) in [5, 5.41) is 6.64. The van der Waals surface area contributed by atoms with E-state index in [4.69, 9.17) is 4.74 Å². The van der Waals surface area contributed by atoms with E-state index in [2.05, 4.69) is 10.6 Å². The van der Waals surface area contributed by atoms with Gasteiger partial charge in [-0.1, -0.05) is 12.8 Å². The number of nitrogens with one attached hydrogen (secondary N) is 2. The minimum absolute atomic E-state index is 0. The monoisotopic (exact) mass is 316 g/mol. The molecule has 0 radical (unpaired) electrons. The first kappa shape index (κ1) is 17.0. The quantitative estimate of drug-likeness (QED) is 0.817. The number of carbonyl (C=O) groups excluding carboxylic acids is 1. The molecule has 4 nitrogen and oxygen atoms in total. The summed E-state index contributed by atoms with van der Waals surface area (Å²) in [6, 6.07) is 0. The maximum absolute atomic E-state index is 12.4. The highest BCUT2D eigenvalue weighted by Gasteiger charge is 2.58. The van der Waals surface area contributed by atoms with Gasteiger partial charge >= 0.3 is 0 Å². The van der Waals surface area contributed by atoms with Crippen LogP contribution in [0.2, 0.25) is 0 Å². The van der Waals surface area contributed by atoms with Crippen molar-refractivity contribution < 1.29 is 9.53 Å². The van der Waals surface area contributed by atoms with E-state index < -0.39 is 0 Å². The zero-order valence-corrected chi connectivity index (χ0v) is 13.9. The lowest BCUT2D eigenvalue weighted by Crippen LogP contribution is -2.47. The molecule has 0 bridgehead atoms. The van der Waals surface area contributed by atoms with E-state index in [1.807, 2.05) is 0 Å². The Morgan fingerprint density at radius 2 is 1.90 bits per heavy atom. The molecule has 2 saturated carbocycles. The fourth-order valence-electron chi connectivity index (χ4n) is 4.38. The second kappa shape index (κ2) is 6.84.